The average molecular weight is 232 g/mol. The Labute approximate surface area is 97.8 Å². The van der Waals surface area contributed by atoms with E-state index in [1.807, 2.05) is 6.92 Å². The second kappa shape index (κ2) is 4.29. The van der Waals surface area contributed by atoms with Crippen LogP contribution >= 0.6 is 0 Å². The first kappa shape index (κ1) is 11.2. The van der Waals surface area contributed by atoms with Gasteiger partial charge in [-0.05, 0) is 19.1 Å². The highest BCUT2D eigenvalue weighted by Gasteiger charge is 2.12. The van der Waals surface area contributed by atoms with E-state index in [1.165, 1.54) is 6.20 Å². The molecule has 1 heterocycles. The maximum atomic E-state index is 10.9. The van der Waals surface area contributed by atoms with Crippen molar-refractivity contribution in [2.45, 2.75) is 6.92 Å². The predicted molar refractivity (Wildman–Crippen MR) is 64.3 cm³/mol. The number of hydrogen-bond donors (Lipinski definition) is 2. The fourth-order valence-corrected chi connectivity index (χ4v) is 1.62. The molecule has 0 amide bonds. The van der Waals surface area contributed by atoms with Crippen molar-refractivity contribution in [3.8, 4) is 5.75 Å². The lowest BCUT2D eigenvalue weighted by Crippen LogP contribution is -2.04. The summed E-state index contributed by atoms with van der Waals surface area (Å²) in [6.07, 6.45) is 1.26. The third kappa shape index (κ3) is 1.99. The number of benzene rings is 1. The Hall–Kier alpha value is -2.30. The minimum Gasteiger partial charge on any atom is -0.494 e. The highest BCUT2D eigenvalue weighted by Crippen LogP contribution is 2.26. The van der Waals surface area contributed by atoms with Gasteiger partial charge in [-0.3, -0.25) is 4.98 Å². The van der Waals surface area contributed by atoms with Crippen molar-refractivity contribution in [2.24, 2.45) is 0 Å². The molecule has 0 saturated heterocycles. The molecule has 0 bridgehead atoms. The molecule has 0 aliphatic heterocycles. The van der Waals surface area contributed by atoms with Crippen molar-refractivity contribution < 1.29 is 14.6 Å². The number of pyridine rings is 1. The number of rotatable bonds is 3. The standard InChI is InChI=1S/C12H12N2O3/c1-2-17-7-3-4-8-10(5-7)14-6-9(11(8)13)12(15)16/h3-6H,2H2,1H3,(H2,13,14)(H,15,16). The van der Waals surface area contributed by atoms with Crippen LogP contribution in [0.15, 0.2) is 24.4 Å². The Morgan fingerprint density at radius 2 is 2.29 bits per heavy atom. The zero-order valence-electron chi connectivity index (χ0n) is 9.30. The van der Waals surface area contributed by atoms with Crippen LogP contribution in [0.3, 0.4) is 0 Å². The normalized spacial score (nSPS) is 10.4. The van der Waals surface area contributed by atoms with Gasteiger partial charge < -0.3 is 15.6 Å². The minimum absolute atomic E-state index is 0.0154. The summed E-state index contributed by atoms with van der Waals surface area (Å²) in [4.78, 5) is 15.0. The van der Waals surface area contributed by atoms with Crippen LogP contribution < -0.4 is 10.5 Å². The lowest BCUT2D eigenvalue weighted by molar-refractivity contribution is 0.0698. The summed E-state index contributed by atoms with van der Waals surface area (Å²) in [5, 5.41) is 9.54. The van der Waals surface area contributed by atoms with Crippen LogP contribution in [0, 0.1) is 0 Å². The lowest BCUT2D eigenvalue weighted by atomic mass is 10.1. The smallest absolute Gasteiger partial charge is 0.339 e. The second-order valence-electron chi connectivity index (χ2n) is 3.50. The van der Waals surface area contributed by atoms with E-state index in [4.69, 9.17) is 15.6 Å². The fourth-order valence-electron chi connectivity index (χ4n) is 1.62. The number of nitrogens with two attached hydrogens (primary N) is 1. The summed E-state index contributed by atoms with van der Waals surface area (Å²) in [6.45, 7) is 2.45. The zero-order chi connectivity index (χ0) is 12.4. The quantitative estimate of drug-likeness (QED) is 0.844. The maximum Gasteiger partial charge on any atom is 0.339 e. The molecule has 5 heteroatoms. The average Bonchev–Trinajstić information content (AvgIpc) is 2.29. The zero-order valence-corrected chi connectivity index (χ0v) is 9.30. The SMILES string of the molecule is CCOc1ccc2c(N)c(C(=O)O)cnc2c1. The van der Waals surface area contributed by atoms with Crippen LogP contribution in [0.4, 0.5) is 5.69 Å². The molecule has 88 valence electrons. The van der Waals surface area contributed by atoms with E-state index in [0.29, 0.717) is 23.3 Å². The molecule has 0 radical (unpaired) electrons. The molecule has 0 spiro atoms. The van der Waals surface area contributed by atoms with E-state index < -0.39 is 5.97 Å². The van der Waals surface area contributed by atoms with Gasteiger partial charge in [-0.1, -0.05) is 0 Å². The molecular weight excluding hydrogens is 220 g/mol. The number of anilines is 1. The number of aromatic nitrogens is 1. The lowest BCUT2D eigenvalue weighted by Gasteiger charge is -2.07. The van der Waals surface area contributed by atoms with Gasteiger partial charge in [0.05, 0.1) is 17.8 Å². The Kier molecular flexibility index (Phi) is 2.82. The molecule has 0 saturated carbocycles. The Balaban J connectivity index is 2.60. The molecule has 1 aromatic heterocycles. The third-order valence-corrected chi connectivity index (χ3v) is 2.42. The maximum absolute atomic E-state index is 10.9. The molecule has 0 fully saturated rings. The largest absolute Gasteiger partial charge is 0.494 e. The topological polar surface area (TPSA) is 85.4 Å². The summed E-state index contributed by atoms with van der Waals surface area (Å²) in [5.74, 6) is -0.388. The molecule has 0 unspecified atom stereocenters. The van der Waals surface area contributed by atoms with E-state index in [-0.39, 0.29) is 11.3 Å². The van der Waals surface area contributed by atoms with E-state index in [9.17, 15) is 4.79 Å². The summed E-state index contributed by atoms with van der Waals surface area (Å²) in [5.41, 5.74) is 6.65. The van der Waals surface area contributed by atoms with Crippen molar-refractivity contribution in [2.75, 3.05) is 12.3 Å². The number of carbonyl (C=O) groups is 1. The third-order valence-electron chi connectivity index (χ3n) is 2.42. The number of fused-ring (bicyclic) bond motifs is 1. The van der Waals surface area contributed by atoms with E-state index in [0.717, 1.165) is 0 Å². The molecule has 0 aliphatic rings. The van der Waals surface area contributed by atoms with Crippen LogP contribution in [0.2, 0.25) is 0 Å². The summed E-state index contributed by atoms with van der Waals surface area (Å²) < 4.78 is 5.33. The van der Waals surface area contributed by atoms with Gasteiger partial charge in [0, 0.05) is 17.6 Å². The van der Waals surface area contributed by atoms with Crippen LogP contribution in [0.25, 0.3) is 10.9 Å². The van der Waals surface area contributed by atoms with Gasteiger partial charge >= 0.3 is 5.97 Å². The Morgan fingerprint density at radius 1 is 1.53 bits per heavy atom. The summed E-state index contributed by atoms with van der Waals surface area (Å²) >= 11 is 0. The molecule has 0 aliphatic carbocycles. The highest BCUT2D eigenvalue weighted by atomic mass is 16.5. The number of carboxylic acid groups (broad SMARTS) is 1. The molecule has 1 aromatic carbocycles. The van der Waals surface area contributed by atoms with E-state index in [2.05, 4.69) is 4.98 Å². The first-order valence-corrected chi connectivity index (χ1v) is 5.17. The molecule has 17 heavy (non-hydrogen) atoms. The van der Waals surface area contributed by atoms with Gasteiger partial charge in [-0.25, -0.2) is 4.79 Å². The molecule has 5 nitrogen and oxygen atoms in total. The van der Waals surface area contributed by atoms with Crippen LogP contribution in [-0.4, -0.2) is 22.7 Å². The number of ether oxygens (including phenoxy) is 1. The van der Waals surface area contributed by atoms with Crippen molar-refractivity contribution in [1.82, 2.24) is 4.98 Å². The molecule has 3 N–H and O–H groups in total. The van der Waals surface area contributed by atoms with Gasteiger partial charge in [0.15, 0.2) is 0 Å². The molecular formula is C12H12N2O3. The van der Waals surface area contributed by atoms with Crippen molar-refractivity contribution >= 4 is 22.6 Å². The highest BCUT2D eigenvalue weighted by molar-refractivity contribution is 6.03. The molecule has 0 atom stereocenters. The van der Waals surface area contributed by atoms with E-state index in [1.54, 1.807) is 18.2 Å². The summed E-state index contributed by atoms with van der Waals surface area (Å²) in [7, 11) is 0. The Morgan fingerprint density at radius 3 is 2.94 bits per heavy atom. The van der Waals surface area contributed by atoms with Gasteiger partial charge in [0.25, 0.3) is 0 Å². The monoisotopic (exact) mass is 232 g/mol. The van der Waals surface area contributed by atoms with E-state index >= 15 is 0 Å². The van der Waals surface area contributed by atoms with Gasteiger partial charge in [-0.15, -0.1) is 0 Å². The van der Waals surface area contributed by atoms with Crippen molar-refractivity contribution in [1.29, 1.82) is 0 Å². The van der Waals surface area contributed by atoms with Crippen molar-refractivity contribution in [3.63, 3.8) is 0 Å². The number of nitrogen functional groups attached to an aromatic ring is 1. The van der Waals surface area contributed by atoms with Gasteiger partial charge in [0.2, 0.25) is 0 Å². The molecule has 2 aromatic rings. The number of carboxylic acids is 1. The Bertz CT molecular complexity index is 581. The summed E-state index contributed by atoms with van der Waals surface area (Å²) in [6, 6.07) is 5.20. The van der Waals surface area contributed by atoms with Crippen LogP contribution in [-0.2, 0) is 0 Å². The fraction of sp³-hybridized carbons (Fsp3) is 0.167. The van der Waals surface area contributed by atoms with Crippen LogP contribution in [0.5, 0.6) is 5.75 Å². The predicted octanol–water partition coefficient (Wildman–Crippen LogP) is 1.91. The number of nitrogens with zero attached hydrogens (tertiary/aromatic N) is 1. The van der Waals surface area contributed by atoms with Crippen LogP contribution in [0.1, 0.15) is 17.3 Å². The van der Waals surface area contributed by atoms with Gasteiger partial charge in [0.1, 0.15) is 11.3 Å². The first-order valence-electron chi connectivity index (χ1n) is 5.17. The first-order chi connectivity index (χ1) is 8.13. The molecule has 2 rings (SSSR count). The minimum atomic E-state index is -1.08. The van der Waals surface area contributed by atoms with Gasteiger partial charge in [-0.2, -0.15) is 0 Å². The number of aromatic carboxylic acids is 1. The van der Waals surface area contributed by atoms with Crippen molar-refractivity contribution in [3.05, 3.63) is 30.0 Å². The second-order valence-corrected chi connectivity index (χ2v) is 3.50. The number of hydrogen-bond acceptors (Lipinski definition) is 4.